The highest BCUT2D eigenvalue weighted by Crippen LogP contribution is 2.23. The van der Waals surface area contributed by atoms with E-state index in [9.17, 15) is 4.39 Å². The molecule has 0 saturated carbocycles. The van der Waals surface area contributed by atoms with Crippen molar-refractivity contribution < 1.29 is 9.13 Å². The Morgan fingerprint density at radius 1 is 1.26 bits per heavy atom. The zero-order valence-electron chi connectivity index (χ0n) is 14.0. The molecule has 1 unspecified atom stereocenters. The van der Waals surface area contributed by atoms with Gasteiger partial charge in [0.05, 0.1) is 25.8 Å². The first-order chi connectivity index (χ1) is 11.2. The van der Waals surface area contributed by atoms with Crippen molar-refractivity contribution in [3.8, 4) is 0 Å². The van der Waals surface area contributed by atoms with Crippen molar-refractivity contribution in [3.05, 3.63) is 35.6 Å². The van der Waals surface area contributed by atoms with Crippen LogP contribution in [-0.4, -0.2) is 56.8 Å². The second kappa shape index (κ2) is 9.47. The Morgan fingerprint density at radius 3 is 2.57 bits per heavy atom. The minimum atomic E-state index is -0.205. The van der Waals surface area contributed by atoms with Crippen molar-refractivity contribution >= 4 is 5.96 Å². The van der Waals surface area contributed by atoms with E-state index in [1.54, 1.807) is 12.1 Å². The molecule has 1 aliphatic rings. The summed E-state index contributed by atoms with van der Waals surface area (Å²) < 4.78 is 19.1. The molecular formula is C17H27FN4O. The van der Waals surface area contributed by atoms with E-state index in [0.29, 0.717) is 19.8 Å². The lowest BCUT2D eigenvalue weighted by atomic mass is 10.0. The van der Waals surface area contributed by atoms with Gasteiger partial charge in [-0.15, -0.1) is 0 Å². The van der Waals surface area contributed by atoms with Gasteiger partial charge < -0.3 is 15.4 Å². The predicted octanol–water partition coefficient (Wildman–Crippen LogP) is 1.77. The van der Waals surface area contributed by atoms with Gasteiger partial charge in [-0.2, -0.15) is 0 Å². The van der Waals surface area contributed by atoms with Crippen LogP contribution in [0.1, 0.15) is 25.5 Å². The van der Waals surface area contributed by atoms with Gasteiger partial charge >= 0.3 is 0 Å². The summed E-state index contributed by atoms with van der Waals surface area (Å²) in [5.41, 5.74) is 0.961. The molecule has 0 aliphatic carbocycles. The van der Waals surface area contributed by atoms with Crippen LogP contribution in [0.15, 0.2) is 29.3 Å². The maximum Gasteiger partial charge on any atom is 0.191 e. The van der Waals surface area contributed by atoms with Crippen molar-refractivity contribution in [2.45, 2.75) is 19.9 Å². The van der Waals surface area contributed by atoms with Crippen LogP contribution < -0.4 is 10.6 Å². The minimum Gasteiger partial charge on any atom is -0.379 e. The Hall–Kier alpha value is -1.66. The molecular weight excluding hydrogens is 295 g/mol. The Bertz CT molecular complexity index is 495. The molecule has 0 spiro atoms. The third-order valence-electron chi connectivity index (χ3n) is 3.83. The third-order valence-corrected chi connectivity index (χ3v) is 3.83. The maximum atomic E-state index is 13.6. The van der Waals surface area contributed by atoms with Crippen molar-refractivity contribution in [2.75, 3.05) is 45.9 Å². The number of guanidine groups is 1. The second-order valence-electron chi connectivity index (χ2n) is 5.47. The zero-order chi connectivity index (χ0) is 16.5. The Kier molecular flexibility index (Phi) is 7.29. The third kappa shape index (κ3) is 5.48. The molecule has 1 aromatic carbocycles. The number of morpholine rings is 1. The first-order valence-corrected chi connectivity index (χ1v) is 8.34. The number of rotatable bonds is 6. The summed E-state index contributed by atoms with van der Waals surface area (Å²) in [6.45, 7) is 9.40. The predicted molar refractivity (Wildman–Crippen MR) is 91.2 cm³/mol. The molecule has 1 heterocycles. The lowest BCUT2D eigenvalue weighted by Gasteiger charge is -2.34. The summed E-state index contributed by atoms with van der Waals surface area (Å²) in [5, 5.41) is 6.45. The Balaban J connectivity index is 2.17. The van der Waals surface area contributed by atoms with Crippen LogP contribution in [0.25, 0.3) is 0 Å². The van der Waals surface area contributed by atoms with Gasteiger partial charge in [0.2, 0.25) is 0 Å². The van der Waals surface area contributed by atoms with Crippen molar-refractivity contribution in [2.24, 2.45) is 4.99 Å². The van der Waals surface area contributed by atoms with Gasteiger partial charge in [0.25, 0.3) is 0 Å². The molecule has 1 saturated heterocycles. The Labute approximate surface area is 137 Å². The molecule has 1 aliphatic heterocycles. The van der Waals surface area contributed by atoms with Crippen molar-refractivity contribution in [1.82, 2.24) is 15.5 Å². The van der Waals surface area contributed by atoms with E-state index < -0.39 is 0 Å². The molecule has 6 heteroatoms. The summed E-state index contributed by atoms with van der Waals surface area (Å²) in [4.78, 5) is 6.99. The van der Waals surface area contributed by atoms with Gasteiger partial charge in [-0.05, 0) is 31.5 Å². The molecule has 5 nitrogen and oxygen atoms in total. The number of hydrogen-bond donors (Lipinski definition) is 2. The molecule has 2 rings (SSSR count). The Morgan fingerprint density at radius 2 is 1.96 bits per heavy atom. The molecule has 1 fully saturated rings. The SMILES string of the molecule is CCNC(=NCC(c1cccc(F)c1)N1CCOCC1)NCC. The molecule has 23 heavy (non-hydrogen) atoms. The zero-order valence-corrected chi connectivity index (χ0v) is 14.0. The van der Waals surface area contributed by atoms with Crippen LogP contribution in [0.2, 0.25) is 0 Å². The number of nitrogens with one attached hydrogen (secondary N) is 2. The van der Waals surface area contributed by atoms with Gasteiger partial charge in [0, 0.05) is 26.2 Å². The highest BCUT2D eigenvalue weighted by molar-refractivity contribution is 5.79. The quantitative estimate of drug-likeness (QED) is 0.619. The number of halogens is 1. The monoisotopic (exact) mass is 322 g/mol. The molecule has 0 radical (unpaired) electrons. The van der Waals surface area contributed by atoms with Crippen LogP contribution in [-0.2, 0) is 4.74 Å². The number of hydrogen-bond acceptors (Lipinski definition) is 3. The fraction of sp³-hybridized carbons (Fsp3) is 0.588. The van der Waals surface area contributed by atoms with Crippen molar-refractivity contribution in [3.63, 3.8) is 0 Å². The van der Waals surface area contributed by atoms with E-state index in [2.05, 4.69) is 20.5 Å². The van der Waals surface area contributed by atoms with Crippen molar-refractivity contribution in [1.29, 1.82) is 0 Å². The van der Waals surface area contributed by atoms with Gasteiger partial charge in [0.15, 0.2) is 5.96 Å². The smallest absolute Gasteiger partial charge is 0.191 e. The second-order valence-corrected chi connectivity index (χ2v) is 5.47. The average molecular weight is 322 g/mol. The van der Waals surface area contributed by atoms with Gasteiger partial charge in [-0.25, -0.2) is 4.39 Å². The van der Waals surface area contributed by atoms with Gasteiger partial charge in [-0.1, -0.05) is 12.1 Å². The van der Waals surface area contributed by atoms with Crippen LogP contribution in [0.3, 0.4) is 0 Å². The van der Waals surface area contributed by atoms with Crippen LogP contribution >= 0.6 is 0 Å². The molecule has 1 aromatic rings. The van der Waals surface area contributed by atoms with Crippen LogP contribution in [0.5, 0.6) is 0 Å². The molecule has 1 atom stereocenters. The summed E-state index contributed by atoms with van der Waals surface area (Å²) >= 11 is 0. The summed E-state index contributed by atoms with van der Waals surface area (Å²) in [6.07, 6.45) is 0. The fourth-order valence-corrected chi connectivity index (χ4v) is 2.72. The average Bonchev–Trinajstić information content (AvgIpc) is 2.56. The number of ether oxygens (including phenoxy) is 1. The topological polar surface area (TPSA) is 48.9 Å². The van der Waals surface area contributed by atoms with E-state index in [1.165, 1.54) is 6.07 Å². The van der Waals surface area contributed by atoms with Gasteiger partial charge in [0.1, 0.15) is 5.82 Å². The normalized spacial score (nSPS) is 16.7. The summed E-state index contributed by atoms with van der Waals surface area (Å²) in [6, 6.07) is 6.87. The van der Waals surface area contributed by atoms with Crippen LogP contribution in [0, 0.1) is 5.82 Å². The summed E-state index contributed by atoms with van der Waals surface area (Å²) in [5.74, 6) is 0.591. The number of aliphatic imine (C=N–C) groups is 1. The van der Waals surface area contributed by atoms with Crippen LogP contribution in [0.4, 0.5) is 4.39 Å². The van der Waals surface area contributed by atoms with E-state index >= 15 is 0 Å². The largest absolute Gasteiger partial charge is 0.379 e. The lowest BCUT2D eigenvalue weighted by Crippen LogP contribution is -2.41. The standard InChI is InChI=1S/C17H27FN4O/c1-3-19-17(20-4-2)21-13-16(22-8-10-23-11-9-22)14-6-5-7-15(18)12-14/h5-7,12,16H,3-4,8-11,13H2,1-2H3,(H2,19,20,21). The molecule has 0 bridgehead atoms. The molecule has 2 N–H and O–H groups in total. The number of benzene rings is 1. The highest BCUT2D eigenvalue weighted by atomic mass is 19.1. The molecule has 0 aromatic heterocycles. The first kappa shape index (κ1) is 17.7. The highest BCUT2D eigenvalue weighted by Gasteiger charge is 2.22. The van der Waals surface area contributed by atoms with E-state index in [1.807, 2.05) is 19.9 Å². The lowest BCUT2D eigenvalue weighted by molar-refractivity contribution is 0.0179. The van der Waals surface area contributed by atoms with E-state index in [0.717, 1.165) is 37.7 Å². The summed E-state index contributed by atoms with van der Waals surface area (Å²) in [7, 11) is 0. The van der Waals surface area contributed by atoms with Gasteiger partial charge in [-0.3, -0.25) is 9.89 Å². The molecule has 128 valence electrons. The fourth-order valence-electron chi connectivity index (χ4n) is 2.72. The van der Waals surface area contributed by atoms with E-state index in [-0.39, 0.29) is 11.9 Å². The maximum absolute atomic E-state index is 13.6. The van der Waals surface area contributed by atoms with E-state index in [4.69, 9.17) is 4.74 Å². The first-order valence-electron chi connectivity index (χ1n) is 8.34. The number of nitrogens with zero attached hydrogens (tertiary/aromatic N) is 2. The minimum absolute atomic E-state index is 0.0573. The molecule has 0 amide bonds.